The molecule has 0 spiro atoms. The Morgan fingerprint density at radius 3 is 3.18 bits per heavy atom. The van der Waals surface area contributed by atoms with E-state index in [1.54, 1.807) is 0 Å². The van der Waals surface area contributed by atoms with E-state index in [4.69, 9.17) is 4.74 Å². The third-order valence-electron chi connectivity index (χ3n) is 3.32. The van der Waals surface area contributed by atoms with E-state index in [0.717, 1.165) is 19.3 Å². The molecule has 1 aliphatic carbocycles. The Bertz CT molecular complexity index is 533. The minimum absolute atomic E-state index is 0.0881. The lowest BCUT2D eigenvalue weighted by Gasteiger charge is -2.29. The van der Waals surface area contributed by atoms with Crippen molar-refractivity contribution >= 4 is 5.95 Å². The molecule has 2 heterocycles. The maximum Gasteiger partial charge on any atom is 0.494 e. The molecule has 2 aliphatic rings. The summed E-state index contributed by atoms with van der Waals surface area (Å²) in [6.07, 6.45) is 3.23. The Morgan fingerprint density at radius 1 is 1.65 bits per heavy atom. The highest BCUT2D eigenvalue weighted by molar-refractivity contribution is 5.24. The number of nitro groups is 1. The van der Waals surface area contributed by atoms with Crippen LogP contribution in [-0.4, -0.2) is 25.3 Å². The van der Waals surface area contributed by atoms with Gasteiger partial charge in [-0.05, 0) is 22.7 Å². The van der Waals surface area contributed by atoms with Crippen molar-refractivity contribution in [2.24, 2.45) is 0 Å². The molecule has 1 fully saturated rings. The first kappa shape index (κ1) is 10.0. The molecule has 0 N–H and O–H groups in total. The van der Waals surface area contributed by atoms with Crippen LogP contribution in [-0.2, 0) is 0 Å². The SMILES string of the molecule is N#CC12CCCCC1n1nc([N+](=O)[O-])nc1O2. The Labute approximate surface area is 96.0 Å². The maximum atomic E-state index is 10.6. The van der Waals surface area contributed by atoms with Gasteiger partial charge in [0.15, 0.2) is 0 Å². The van der Waals surface area contributed by atoms with Crippen molar-refractivity contribution < 1.29 is 9.66 Å². The third kappa shape index (κ3) is 1.22. The van der Waals surface area contributed by atoms with Gasteiger partial charge in [-0.2, -0.15) is 5.26 Å². The summed E-state index contributed by atoms with van der Waals surface area (Å²) >= 11 is 0. The van der Waals surface area contributed by atoms with Crippen LogP contribution in [0.25, 0.3) is 0 Å². The summed E-state index contributed by atoms with van der Waals surface area (Å²) in [4.78, 5) is 13.6. The molecule has 17 heavy (non-hydrogen) atoms. The van der Waals surface area contributed by atoms with Gasteiger partial charge in [-0.3, -0.25) is 0 Å². The molecule has 88 valence electrons. The van der Waals surface area contributed by atoms with Crippen LogP contribution in [0.1, 0.15) is 31.7 Å². The lowest BCUT2D eigenvalue weighted by Crippen LogP contribution is -2.40. The predicted molar refractivity (Wildman–Crippen MR) is 53.2 cm³/mol. The summed E-state index contributed by atoms with van der Waals surface area (Å²) in [5, 5.41) is 23.6. The minimum atomic E-state index is -0.928. The van der Waals surface area contributed by atoms with Gasteiger partial charge in [0.05, 0.1) is 0 Å². The number of fused-ring (bicyclic) bond motifs is 3. The van der Waals surface area contributed by atoms with Crippen LogP contribution in [0.5, 0.6) is 6.01 Å². The molecule has 1 aromatic rings. The fraction of sp³-hybridized carbons (Fsp3) is 0.667. The molecule has 0 radical (unpaired) electrons. The Morgan fingerprint density at radius 2 is 2.47 bits per heavy atom. The highest BCUT2D eigenvalue weighted by atomic mass is 16.6. The molecule has 1 aromatic heterocycles. The van der Waals surface area contributed by atoms with Gasteiger partial charge in [0.25, 0.3) is 0 Å². The van der Waals surface area contributed by atoms with Gasteiger partial charge in [0.1, 0.15) is 12.1 Å². The normalized spacial score (nSPS) is 29.9. The number of ether oxygens (including phenoxy) is 1. The summed E-state index contributed by atoms with van der Waals surface area (Å²) in [7, 11) is 0. The summed E-state index contributed by atoms with van der Waals surface area (Å²) in [6, 6.07) is 2.00. The highest BCUT2D eigenvalue weighted by Gasteiger charge is 2.55. The van der Waals surface area contributed by atoms with Gasteiger partial charge >= 0.3 is 12.0 Å². The Balaban J connectivity index is 2.04. The quantitative estimate of drug-likeness (QED) is 0.529. The van der Waals surface area contributed by atoms with Crippen molar-refractivity contribution in [3.05, 3.63) is 10.1 Å². The van der Waals surface area contributed by atoms with Crippen LogP contribution in [0.15, 0.2) is 0 Å². The number of rotatable bonds is 1. The molecular weight excluding hydrogens is 226 g/mol. The molecule has 0 saturated heterocycles. The van der Waals surface area contributed by atoms with Gasteiger partial charge in [-0.1, -0.05) is 6.42 Å². The van der Waals surface area contributed by atoms with Crippen molar-refractivity contribution in [1.29, 1.82) is 5.26 Å². The van der Waals surface area contributed by atoms with Crippen molar-refractivity contribution in [2.75, 3.05) is 0 Å². The van der Waals surface area contributed by atoms with E-state index in [0.29, 0.717) is 6.42 Å². The second-order valence-corrected chi connectivity index (χ2v) is 4.26. The molecule has 8 nitrogen and oxygen atoms in total. The lowest BCUT2D eigenvalue weighted by atomic mass is 9.82. The molecule has 8 heteroatoms. The molecule has 0 bridgehead atoms. The molecule has 3 rings (SSSR count). The molecule has 0 amide bonds. The molecule has 2 atom stereocenters. The maximum absolute atomic E-state index is 10.6. The van der Waals surface area contributed by atoms with Crippen molar-refractivity contribution in [3.8, 4) is 12.1 Å². The second kappa shape index (κ2) is 3.16. The zero-order valence-corrected chi connectivity index (χ0v) is 8.87. The van der Waals surface area contributed by atoms with Crippen LogP contribution in [0.4, 0.5) is 5.95 Å². The van der Waals surface area contributed by atoms with Crippen LogP contribution < -0.4 is 4.74 Å². The smallest absolute Gasteiger partial charge is 0.426 e. The minimum Gasteiger partial charge on any atom is -0.426 e. The predicted octanol–water partition coefficient (Wildman–Crippen LogP) is 0.956. The first-order valence-electron chi connectivity index (χ1n) is 5.37. The average Bonchev–Trinajstić information content (AvgIpc) is 2.84. The molecular formula is C9H9N5O3. The van der Waals surface area contributed by atoms with Gasteiger partial charge in [-0.15, -0.1) is 4.68 Å². The zero-order chi connectivity index (χ0) is 12.0. The van der Waals surface area contributed by atoms with Crippen LogP contribution in [0, 0.1) is 21.4 Å². The van der Waals surface area contributed by atoms with Gasteiger partial charge in [-0.25, -0.2) is 0 Å². The standard InChI is InChI=1S/C9H9N5O3/c10-5-9-4-2-1-3-6(9)13-8(17-9)11-7(12-13)14(15)16/h6H,1-4H2. The first-order valence-corrected chi connectivity index (χ1v) is 5.37. The number of nitriles is 1. The molecule has 1 aliphatic heterocycles. The van der Waals surface area contributed by atoms with Gasteiger partial charge in [0.2, 0.25) is 5.60 Å². The van der Waals surface area contributed by atoms with E-state index < -0.39 is 16.5 Å². The summed E-state index contributed by atoms with van der Waals surface area (Å²) < 4.78 is 6.89. The van der Waals surface area contributed by atoms with E-state index in [2.05, 4.69) is 16.2 Å². The monoisotopic (exact) mass is 235 g/mol. The second-order valence-electron chi connectivity index (χ2n) is 4.26. The van der Waals surface area contributed by atoms with Crippen LogP contribution >= 0.6 is 0 Å². The van der Waals surface area contributed by atoms with Crippen molar-refractivity contribution in [3.63, 3.8) is 0 Å². The molecule has 0 aromatic carbocycles. The fourth-order valence-corrected chi connectivity index (χ4v) is 2.53. The van der Waals surface area contributed by atoms with Gasteiger partial charge < -0.3 is 14.9 Å². The average molecular weight is 235 g/mol. The van der Waals surface area contributed by atoms with E-state index in [9.17, 15) is 15.4 Å². The summed E-state index contributed by atoms with van der Waals surface area (Å²) in [5.41, 5.74) is -0.928. The van der Waals surface area contributed by atoms with Crippen molar-refractivity contribution in [1.82, 2.24) is 14.8 Å². The fourth-order valence-electron chi connectivity index (χ4n) is 2.53. The topological polar surface area (TPSA) is 107 Å². The lowest BCUT2D eigenvalue weighted by molar-refractivity contribution is -0.394. The van der Waals surface area contributed by atoms with E-state index in [1.165, 1.54) is 4.68 Å². The summed E-state index contributed by atoms with van der Waals surface area (Å²) in [6.45, 7) is 0. The van der Waals surface area contributed by atoms with Crippen LogP contribution in [0.2, 0.25) is 0 Å². The largest absolute Gasteiger partial charge is 0.494 e. The van der Waals surface area contributed by atoms with Gasteiger partial charge in [0, 0.05) is 11.5 Å². The zero-order valence-electron chi connectivity index (χ0n) is 8.87. The number of hydrogen-bond acceptors (Lipinski definition) is 6. The Kier molecular flexibility index (Phi) is 1.86. The van der Waals surface area contributed by atoms with E-state index in [-0.39, 0.29) is 12.1 Å². The number of nitrogens with zero attached hydrogens (tertiary/aromatic N) is 5. The third-order valence-corrected chi connectivity index (χ3v) is 3.32. The van der Waals surface area contributed by atoms with Crippen molar-refractivity contribution in [2.45, 2.75) is 37.3 Å². The van der Waals surface area contributed by atoms with E-state index >= 15 is 0 Å². The molecule has 1 saturated carbocycles. The van der Waals surface area contributed by atoms with E-state index in [1.807, 2.05) is 0 Å². The Hall–Kier alpha value is -2.17. The summed E-state index contributed by atoms with van der Waals surface area (Å²) in [5.74, 6) is -0.475. The highest BCUT2D eigenvalue weighted by Crippen LogP contribution is 2.46. The number of hydrogen-bond donors (Lipinski definition) is 0. The van der Waals surface area contributed by atoms with Crippen LogP contribution in [0.3, 0.4) is 0 Å². The number of aromatic nitrogens is 3. The molecule has 2 unspecified atom stereocenters. The first-order chi connectivity index (χ1) is 8.16.